The molecule has 0 aromatic carbocycles. The van der Waals surface area contributed by atoms with E-state index in [-0.39, 0.29) is 0 Å². The van der Waals surface area contributed by atoms with Gasteiger partial charge in [0.15, 0.2) is 0 Å². The molecule has 5 heteroatoms. The van der Waals surface area contributed by atoms with Crippen LogP contribution in [0.1, 0.15) is 0 Å². The number of nitrogens with one attached hydrogen (secondary N) is 1. The Morgan fingerprint density at radius 2 is 2.05 bits per heavy atom. The average Bonchev–Trinajstić information content (AvgIpc) is 3.05. The number of fused-ring (bicyclic) bond motifs is 3. The highest BCUT2D eigenvalue weighted by atomic mass is 16.3. The summed E-state index contributed by atoms with van der Waals surface area (Å²) in [6.45, 7) is 0. The third-order valence-electron chi connectivity index (χ3n) is 3.16. The number of rotatable bonds is 1. The van der Waals surface area contributed by atoms with Gasteiger partial charge in [-0.1, -0.05) is 0 Å². The predicted octanol–water partition coefficient (Wildman–Crippen LogP) is 2.95. The van der Waals surface area contributed by atoms with E-state index in [1.54, 1.807) is 18.7 Å². The van der Waals surface area contributed by atoms with Gasteiger partial charge >= 0.3 is 0 Å². The number of aromatic amines is 1. The van der Waals surface area contributed by atoms with E-state index >= 15 is 0 Å². The van der Waals surface area contributed by atoms with Crippen molar-refractivity contribution in [2.45, 2.75) is 0 Å². The molecule has 0 radical (unpaired) electrons. The van der Waals surface area contributed by atoms with Crippen LogP contribution in [0.25, 0.3) is 33.3 Å². The maximum Gasteiger partial charge on any atom is 0.138 e. The van der Waals surface area contributed by atoms with E-state index in [2.05, 4.69) is 15.0 Å². The molecule has 4 rings (SSSR count). The minimum Gasteiger partial charge on any atom is -0.464 e. The van der Waals surface area contributed by atoms with E-state index < -0.39 is 0 Å². The first-order chi connectivity index (χ1) is 9.31. The lowest BCUT2D eigenvalue weighted by atomic mass is 10.1. The van der Waals surface area contributed by atoms with E-state index in [4.69, 9.17) is 10.2 Å². The fraction of sp³-hybridized carbons (Fsp3) is 0. The van der Waals surface area contributed by atoms with Crippen LogP contribution in [0.3, 0.4) is 0 Å². The van der Waals surface area contributed by atoms with Crippen LogP contribution < -0.4 is 5.73 Å². The van der Waals surface area contributed by atoms with Crippen molar-refractivity contribution >= 4 is 27.8 Å². The molecule has 92 valence electrons. The van der Waals surface area contributed by atoms with Crippen molar-refractivity contribution in [2.75, 3.05) is 5.73 Å². The van der Waals surface area contributed by atoms with Crippen molar-refractivity contribution < 1.29 is 4.42 Å². The number of nitrogens with zero attached hydrogens (tertiary/aromatic N) is 2. The molecule has 0 atom stereocenters. The molecule has 4 aromatic heterocycles. The minimum atomic E-state index is 0.497. The summed E-state index contributed by atoms with van der Waals surface area (Å²) in [5.41, 5.74) is 8.42. The average molecular weight is 250 g/mol. The second-order valence-electron chi connectivity index (χ2n) is 4.38. The minimum absolute atomic E-state index is 0.497. The molecule has 0 amide bonds. The van der Waals surface area contributed by atoms with E-state index in [0.717, 1.165) is 33.3 Å². The summed E-state index contributed by atoms with van der Waals surface area (Å²) in [5.74, 6) is 1.29. The standard InChI is InChI=1S/C14H10N4O/c15-13-5-9-10-4-8(12-2-1-3-19-12)6-17-14(10)18-11(9)7-16-13/h1-7H,(H2,15,16)(H,17,18). The van der Waals surface area contributed by atoms with Gasteiger partial charge < -0.3 is 15.1 Å². The zero-order chi connectivity index (χ0) is 12.8. The van der Waals surface area contributed by atoms with Gasteiger partial charge in [0.2, 0.25) is 0 Å². The van der Waals surface area contributed by atoms with Gasteiger partial charge in [-0.05, 0) is 24.3 Å². The van der Waals surface area contributed by atoms with Gasteiger partial charge in [-0.15, -0.1) is 0 Å². The first kappa shape index (κ1) is 10.1. The molecular formula is C14H10N4O. The number of hydrogen-bond donors (Lipinski definition) is 2. The Labute approximate surface area is 108 Å². The molecule has 0 aliphatic rings. The molecule has 0 bridgehead atoms. The van der Waals surface area contributed by atoms with Gasteiger partial charge in [0.25, 0.3) is 0 Å². The molecule has 0 aliphatic heterocycles. The van der Waals surface area contributed by atoms with Crippen molar-refractivity contribution in [1.82, 2.24) is 15.0 Å². The van der Waals surface area contributed by atoms with Gasteiger partial charge in [-0.3, -0.25) is 0 Å². The van der Waals surface area contributed by atoms with Crippen LogP contribution in [0.2, 0.25) is 0 Å². The molecule has 0 aliphatic carbocycles. The smallest absolute Gasteiger partial charge is 0.138 e. The molecule has 0 unspecified atom stereocenters. The quantitative estimate of drug-likeness (QED) is 0.544. The molecular weight excluding hydrogens is 240 g/mol. The van der Waals surface area contributed by atoms with Gasteiger partial charge in [0.05, 0.1) is 18.0 Å². The normalized spacial score (nSPS) is 11.4. The van der Waals surface area contributed by atoms with E-state index in [0.29, 0.717) is 5.82 Å². The van der Waals surface area contributed by atoms with Crippen LogP contribution in [-0.4, -0.2) is 15.0 Å². The van der Waals surface area contributed by atoms with Crippen molar-refractivity contribution in [3.63, 3.8) is 0 Å². The Morgan fingerprint density at radius 1 is 1.11 bits per heavy atom. The Balaban J connectivity index is 2.06. The van der Waals surface area contributed by atoms with Gasteiger partial charge in [-0.2, -0.15) is 0 Å². The number of pyridine rings is 2. The number of nitrogen functional groups attached to an aromatic ring is 1. The summed E-state index contributed by atoms with van der Waals surface area (Å²) in [5, 5.41) is 2.03. The number of nitrogens with two attached hydrogens (primary N) is 1. The fourth-order valence-corrected chi connectivity index (χ4v) is 2.27. The third-order valence-corrected chi connectivity index (χ3v) is 3.16. The van der Waals surface area contributed by atoms with E-state index in [1.165, 1.54) is 0 Å². The van der Waals surface area contributed by atoms with Crippen molar-refractivity contribution in [2.24, 2.45) is 0 Å². The van der Waals surface area contributed by atoms with Crippen molar-refractivity contribution in [3.8, 4) is 11.3 Å². The Kier molecular flexibility index (Phi) is 1.91. The lowest BCUT2D eigenvalue weighted by Gasteiger charge is -1.97. The van der Waals surface area contributed by atoms with E-state index in [9.17, 15) is 0 Å². The summed E-state index contributed by atoms with van der Waals surface area (Å²) in [6, 6.07) is 7.66. The van der Waals surface area contributed by atoms with Crippen LogP contribution in [-0.2, 0) is 0 Å². The van der Waals surface area contributed by atoms with Crippen LogP contribution in [0, 0.1) is 0 Å². The fourth-order valence-electron chi connectivity index (χ4n) is 2.27. The highest BCUT2D eigenvalue weighted by Gasteiger charge is 2.09. The monoisotopic (exact) mass is 250 g/mol. The topological polar surface area (TPSA) is 80.7 Å². The Hall–Kier alpha value is -2.82. The first-order valence-electron chi connectivity index (χ1n) is 5.88. The summed E-state index contributed by atoms with van der Waals surface area (Å²) in [7, 11) is 0. The zero-order valence-corrected chi connectivity index (χ0v) is 9.92. The zero-order valence-electron chi connectivity index (χ0n) is 9.92. The third kappa shape index (κ3) is 1.48. The summed E-state index contributed by atoms with van der Waals surface area (Å²) in [4.78, 5) is 11.7. The Morgan fingerprint density at radius 3 is 2.89 bits per heavy atom. The number of hydrogen-bond acceptors (Lipinski definition) is 4. The van der Waals surface area contributed by atoms with Crippen LogP contribution in [0.5, 0.6) is 0 Å². The highest BCUT2D eigenvalue weighted by Crippen LogP contribution is 2.28. The number of H-pyrrole nitrogens is 1. The van der Waals surface area contributed by atoms with Crippen LogP contribution in [0.15, 0.2) is 47.3 Å². The molecule has 4 aromatic rings. The van der Waals surface area contributed by atoms with Gasteiger partial charge in [0.1, 0.15) is 17.2 Å². The number of anilines is 1. The lowest BCUT2D eigenvalue weighted by molar-refractivity contribution is 0.582. The lowest BCUT2D eigenvalue weighted by Crippen LogP contribution is -1.87. The summed E-state index contributed by atoms with van der Waals surface area (Å²) < 4.78 is 5.39. The molecule has 19 heavy (non-hydrogen) atoms. The van der Waals surface area contributed by atoms with E-state index in [1.807, 2.05) is 24.3 Å². The number of aromatic nitrogens is 3. The second-order valence-corrected chi connectivity index (χ2v) is 4.38. The van der Waals surface area contributed by atoms with Crippen LogP contribution in [0.4, 0.5) is 5.82 Å². The maximum absolute atomic E-state index is 5.74. The second kappa shape index (κ2) is 3.58. The molecule has 0 saturated heterocycles. The number of furan rings is 1. The summed E-state index contributed by atoms with van der Waals surface area (Å²) in [6.07, 6.45) is 5.16. The molecule has 0 fully saturated rings. The highest BCUT2D eigenvalue weighted by molar-refractivity contribution is 6.07. The van der Waals surface area contributed by atoms with Crippen molar-refractivity contribution in [1.29, 1.82) is 0 Å². The van der Waals surface area contributed by atoms with Crippen LogP contribution >= 0.6 is 0 Å². The molecule has 4 heterocycles. The predicted molar refractivity (Wildman–Crippen MR) is 73.5 cm³/mol. The Bertz CT molecular complexity index is 877. The molecule has 0 saturated carbocycles. The SMILES string of the molecule is Nc1cc2c(cn1)[nH]c1ncc(-c3ccco3)cc12. The molecule has 0 spiro atoms. The largest absolute Gasteiger partial charge is 0.464 e. The molecule has 5 nitrogen and oxygen atoms in total. The van der Waals surface area contributed by atoms with Gasteiger partial charge in [0, 0.05) is 22.5 Å². The van der Waals surface area contributed by atoms with Gasteiger partial charge in [-0.25, -0.2) is 9.97 Å². The maximum atomic E-state index is 5.74. The summed E-state index contributed by atoms with van der Waals surface area (Å²) >= 11 is 0. The first-order valence-corrected chi connectivity index (χ1v) is 5.88. The molecule has 3 N–H and O–H groups in total. The van der Waals surface area contributed by atoms with Crippen molar-refractivity contribution in [3.05, 3.63) is 42.9 Å².